The van der Waals surface area contributed by atoms with Crippen molar-refractivity contribution in [1.29, 1.82) is 0 Å². The average molecular weight is 517 g/mol. The number of nitrogens with zero attached hydrogens (tertiary/aromatic N) is 3. The van der Waals surface area contributed by atoms with Crippen LogP contribution in [0.5, 0.6) is 0 Å². The van der Waals surface area contributed by atoms with E-state index in [0.29, 0.717) is 12.5 Å². The van der Waals surface area contributed by atoms with Crippen LogP contribution in [-0.4, -0.2) is 46.2 Å². The number of hydrogen-bond donors (Lipinski definition) is 1. The minimum atomic E-state index is -0.452. The molecule has 1 amide bonds. The molecule has 1 N–H and O–H groups in total. The molecular formula is C30H36N4O2S. The number of piperidine rings is 1. The molecule has 194 valence electrons. The van der Waals surface area contributed by atoms with Crippen LogP contribution in [0.3, 0.4) is 0 Å². The minimum Gasteiger partial charge on any atom is -0.444 e. The molecule has 37 heavy (non-hydrogen) atoms. The Balaban J connectivity index is 1.37. The first-order valence-electron chi connectivity index (χ1n) is 12.8. The number of thiophene rings is 1. The summed E-state index contributed by atoms with van der Waals surface area (Å²) in [6, 6.07) is 11.0. The summed E-state index contributed by atoms with van der Waals surface area (Å²) in [6.45, 7) is 15.5. The van der Waals surface area contributed by atoms with Gasteiger partial charge in [-0.25, -0.2) is 14.8 Å². The van der Waals surface area contributed by atoms with Crippen molar-refractivity contribution in [3.8, 4) is 10.4 Å². The second kappa shape index (κ2) is 11.7. The number of rotatable bonds is 8. The summed E-state index contributed by atoms with van der Waals surface area (Å²) in [7, 11) is 0. The third-order valence-electron chi connectivity index (χ3n) is 6.39. The van der Waals surface area contributed by atoms with Gasteiger partial charge in [0, 0.05) is 24.5 Å². The maximum absolute atomic E-state index is 12.3. The number of allylic oxidation sites excluding steroid dienone is 2. The van der Waals surface area contributed by atoms with E-state index in [2.05, 4.69) is 58.8 Å². The van der Waals surface area contributed by atoms with Gasteiger partial charge in [-0.15, -0.1) is 11.3 Å². The summed E-state index contributed by atoms with van der Waals surface area (Å²) in [5.41, 5.74) is 4.03. The predicted molar refractivity (Wildman–Crippen MR) is 154 cm³/mol. The Hall–Kier alpha value is -3.45. The van der Waals surface area contributed by atoms with E-state index in [9.17, 15) is 4.79 Å². The van der Waals surface area contributed by atoms with Crippen LogP contribution in [-0.2, 0) is 11.2 Å². The summed E-state index contributed by atoms with van der Waals surface area (Å²) in [5.74, 6) is 1.40. The molecule has 0 aliphatic carbocycles. The summed E-state index contributed by atoms with van der Waals surface area (Å²) < 4.78 is 6.56. The van der Waals surface area contributed by atoms with Gasteiger partial charge in [-0.1, -0.05) is 55.7 Å². The summed E-state index contributed by atoms with van der Waals surface area (Å²) in [5, 5.41) is 3.40. The van der Waals surface area contributed by atoms with Crippen LogP contribution in [0.25, 0.3) is 20.7 Å². The van der Waals surface area contributed by atoms with Gasteiger partial charge < -0.3 is 15.0 Å². The highest BCUT2D eigenvalue weighted by Gasteiger charge is 2.26. The molecule has 0 radical (unpaired) electrons. The van der Waals surface area contributed by atoms with Gasteiger partial charge in [-0.3, -0.25) is 0 Å². The molecular weight excluding hydrogens is 480 g/mol. The number of nitrogens with one attached hydrogen (secondary N) is 1. The van der Waals surface area contributed by atoms with Gasteiger partial charge >= 0.3 is 6.09 Å². The molecule has 0 saturated carbocycles. The molecule has 0 unspecified atom stereocenters. The van der Waals surface area contributed by atoms with Gasteiger partial charge in [0.15, 0.2) is 0 Å². The van der Waals surface area contributed by atoms with Crippen LogP contribution in [0.15, 0.2) is 73.6 Å². The molecule has 1 aromatic carbocycles. The quantitative estimate of drug-likeness (QED) is 0.319. The molecule has 6 nitrogen and oxygen atoms in total. The third-order valence-corrected chi connectivity index (χ3v) is 7.57. The Morgan fingerprint density at radius 3 is 2.57 bits per heavy atom. The monoisotopic (exact) mass is 516 g/mol. The van der Waals surface area contributed by atoms with Crippen molar-refractivity contribution in [2.45, 2.75) is 45.6 Å². The lowest BCUT2D eigenvalue weighted by molar-refractivity contribution is 0.0184. The number of likely N-dealkylation sites (tertiary alicyclic amines) is 1. The van der Waals surface area contributed by atoms with Crippen LogP contribution in [0, 0.1) is 5.92 Å². The van der Waals surface area contributed by atoms with Gasteiger partial charge in [-0.05, 0) is 68.7 Å². The number of carbonyl (C=O) groups is 1. The average Bonchev–Trinajstić information content (AvgIpc) is 3.31. The zero-order chi connectivity index (χ0) is 26.4. The van der Waals surface area contributed by atoms with Crippen molar-refractivity contribution in [2.75, 3.05) is 25.0 Å². The predicted octanol–water partition coefficient (Wildman–Crippen LogP) is 7.26. The van der Waals surface area contributed by atoms with Gasteiger partial charge in [0.1, 0.15) is 17.7 Å². The SMILES string of the molecule is C=C/C=C(\C=C)CNc1ncnc2cc(-c3ccc(CC4CCN(C(=O)OC(C)(C)C)CC4)cc3)sc12. The number of fused-ring (bicyclic) bond motifs is 1. The molecule has 1 saturated heterocycles. The van der Waals surface area contributed by atoms with E-state index < -0.39 is 5.60 Å². The second-order valence-corrected chi connectivity index (χ2v) is 11.4. The standard InChI is InChI=1S/C30H36N4O2S/c1-6-8-21(7-2)19-31-28-27-25(32-20-33-28)18-26(37-27)24-11-9-22(10-12-24)17-23-13-15-34(16-14-23)29(35)36-30(3,4)5/h6-12,18,20,23H,1-2,13-17,19H2,3-5H3,(H,31,32,33)/b21-8+. The summed E-state index contributed by atoms with van der Waals surface area (Å²) in [6.07, 6.45) is 9.94. The van der Waals surface area contributed by atoms with Crippen molar-refractivity contribution in [1.82, 2.24) is 14.9 Å². The number of benzene rings is 1. The fourth-order valence-electron chi connectivity index (χ4n) is 4.44. The molecule has 1 aliphatic rings. The smallest absolute Gasteiger partial charge is 0.410 e. The first-order chi connectivity index (χ1) is 17.8. The highest BCUT2D eigenvalue weighted by Crippen LogP contribution is 2.36. The fourth-order valence-corrected chi connectivity index (χ4v) is 5.53. The fraction of sp³-hybridized carbons (Fsp3) is 0.367. The van der Waals surface area contributed by atoms with Crippen molar-refractivity contribution >= 4 is 33.5 Å². The van der Waals surface area contributed by atoms with E-state index in [0.717, 1.165) is 54.0 Å². The summed E-state index contributed by atoms with van der Waals surface area (Å²) in [4.78, 5) is 24.3. The van der Waals surface area contributed by atoms with E-state index in [1.165, 1.54) is 16.0 Å². The Labute approximate surface area is 223 Å². The first-order valence-corrected chi connectivity index (χ1v) is 13.6. The lowest BCUT2D eigenvalue weighted by atomic mass is 9.90. The maximum Gasteiger partial charge on any atom is 0.410 e. The van der Waals surface area contributed by atoms with Crippen molar-refractivity contribution < 1.29 is 9.53 Å². The lowest BCUT2D eigenvalue weighted by Crippen LogP contribution is -2.42. The number of amides is 1. The molecule has 3 heterocycles. The van der Waals surface area contributed by atoms with Gasteiger partial charge in [0.2, 0.25) is 0 Å². The maximum atomic E-state index is 12.3. The number of aromatic nitrogens is 2. The molecule has 2 aromatic heterocycles. The summed E-state index contributed by atoms with van der Waals surface area (Å²) >= 11 is 1.70. The number of ether oxygens (including phenoxy) is 1. The molecule has 0 atom stereocenters. The van der Waals surface area contributed by atoms with Crippen molar-refractivity contribution in [2.24, 2.45) is 5.92 Å². The molecule has 0 spiro atoms. The van der Waals surface area contributed by atoms with E-state index >= 15 is 0 Å². The molecule has 1 fully saturated rings. The van der Waals surface area contributed by atoms with Crippen molar-refractivity contribution in [3.05, 3.63) is 79.2 Å². The zero-order valence-corrected chi connectivity index (χ0v) is 22.8. The van der Waals surface area contributed by atoms with Gasteiger partial charge in [-0.2, -0.15) is 0 Å². The Morgan fingerprint density at radius 1 is 1.19 bits per heavy atom. The topological polar surface area (TPSA) is 67.4 Å². The molecule has 4 rings (SSSR count). The van der Waals surface area contributed by atoms with Crippen LogP contribution in [0.1, 0.15) is 39.2 Å². The van der Waals surface area contributed by atoms with E-state index in [-0.39, 0.29) is 6.09 Å². The van der Waals surface area contributed by atoms with Crippen LogP contribution >= 0.6 is 11.3 Å². The van der Waals surface area contributed by atoms with E-state index in [4.69, 9.17) is 4.74 Å². The highest BCUT2D eigenvalue weighted by atomic mass is 32.1. The minimum absolute atomic E-state index is 0.198. The molecule has 3 aromatic rings. The highest BCUT2D eigenvalue weighted by molar-refractivity contribution is 7.22. The van der Waals surface area contributed by atoms with Crippen LogP contribution < -0.4 is 5.32 Å². The Kier molecular flexibility index (Phi) is 8.44. The molecule has 0 bridgehead atoms. The number of hydrogen-bond acceptors (Lipinski definition) is 6. The Bertz CT molecular complexity index is 1280. The third kappa shape index (κ3) is 7.07. The van der Waals surface area contributed by atoms with E-state index in [1.54, 1.807) is 23.7 Å². The lowest BCUT2D eigenvalue weighted by Gasteiger charge is -2.33. The second-order valence-electron chi connectivity index (χ2n) is 10.4. The Morgan fingerprint density at radius 2 is 1.92 bits per heavy atom. The zero-order valence-electron chi connectivity index (χ0n) is 22.0. The first kappa shape index (κ1) is 26.6. The van der Waals surface area contributed by atoms with Crippen molar-refractivity contribution in [3.63, 3.8) is 0 Å². The number of carbonyl (C=O) groups excluding carboxylic acids is 1. The van der Waals surface area contributed by atoms with Crippen LogP contribution in [0.2, 0.25) is 0 Å². The molecule has 1 aliphatic heterocycles. The van der Waals surface area contributed by atoms with Gasteiger partial charge in [0.05, 0.1) is 10.2 Å². The van der Waals surface area contributed by atoms with Crippen LogP contribution in [0.4, 0.5) is 10.6 Å². The number of anilines is 1. The largest absolute Gasteiger partial charge is 0.444 e. The van der Waals surface area contributed by atoms with Gasteiger partial charge in [0.25, 0.3) is 0 Å². The van der Waals surface area contributed by atoms with E-state index in [1.807, 2.05) is 37.8 Å². The molecule has 7 heteroatoms. The normalized spacial score (nSPS) is 15.0.